The van der Waals surface area contributed by atoms with Crippen LogP contribution in [0.5, 0.6) is 0 Å². The van der Waals surface area contributed by atoms with Gasteiger partial charge in [0.25, 0.3) is 0 Å². The predicted octanol–water partition coefficient (Wildman–Crippen LogP) is 4.29. The molecule has 4 aliphatic rings. The summed E-state index contributed by atoms with van der Waals surface area (Å²) in [5, 5.41) is 30.7. The molecule has 0 spiro atoms. The minimum atomic E-state index is -0.955. The van der Waals surface area contributed by atoms with E-state index in [9.17, 15) is 20.1 Å². The molecule has 7 atom stereocenters. The van der Waals surface area contributed by atoms with Crippen LogP contribution >= 0.6 is 0 Å². The molecule has 0 saturated heterocycles. The Morgan fingerprint density at radius 2 is 1.72 bits per heavy atom. The van der Waals surface area contributed by atoms with E-state index in [1.54, 1.807) is 0 Å². The maximum absolute atomic E-state index is 11.6. The SMILES string of the molecule is C[C@]12CC(C(=O)O)=C(O)C[C@@H]1CC[C@@H]1[C@@H]2CC[C@@]2(C)[C@H]1CC[C@]2(C)O. The monoisotopic (exact) mass is 348 g/mol. The molecule has 3 saturated carbocycles. The summed E-state index contributed by atoms with van der Waals surface area (Å²) in [7, 11) is 0. The summed E-state index contributed by atoms with van der Waals surface area (Å²) in [4.78, 5) is 11.6. The van der Waals surface area contributed by atoms with Crippen LogP contribution in [0.2, 0.25) is 0 Å². The number of aliphatic carboxylic acids is 1. The van der Waals surface area contributed by atoms with Crippen LogP contribution in [-0.4, -0.2) is 26.9 Å². The Morgan fingerprint density at radius 3 is 2.40 bits per heavy atom. The summed E-state index contributed by atoms with van der Waals surface area (Å²) in [6, 6.07) is 0. The number of allylic oxidation sites excluding steroid dienone is 1. The van der Waals surface area contributed by atoms with E-state index in [1.165, 1.54) is 0 Å². The van der Waals surface area contributed by atoms with E-state index in [-0.39, 0.29) is 22.2 Å². The number of fused-ring (bicyclic) bond motifs is 5. The number of carboxylic acids is 1. The van der Waals surface area contributed by atoms with Crippen LogP contribution in [0.25, 0.3) is 0 Å². The molecular weight excluding hydrogens is 316 g/mol. The zero-order valence-electron chi connectivity index (χ0n) is 15.7. The highest BCUT2D eigenvalue weighted by molar-refractivity contribution is 5.87. The minimum absolute atomic E-state index is 0.000361. The van der Waals surface area contributed by atoms with Crippen LogP contribution in [0.1, 0.15) is 72.1 Å². The Hall–Kier alpha value is -1.03. The van der Waals surface area contributed by atoms with Gasteiger partial charge in [-0.2, -0.15) is 0 Å². The third-order valence-corrected chi connectivity index (χ3v) is 9.23. The van der Waals surface area contributed by atoms with E-state index in [0.717, 1.165) is 38.5 Å². The molecule has 3 fully saturated rings. The van der Waals surface area contributed by atoms with E-state index in [4.69, 9.17) is 0 Å². The highest BCUT2D eigenvalue weighted by atomic mass is 16.4. The van der Waals surface area contributed by atoms with Crippen molar-refractivity contribution in [3.05, 3.63) is 11.3 Å². The van der Waals surface area contributed by atoms with Crippen molar-refractivity contribution < 1.29 is 20.1 Å². The summed E-state index contributed by atoms with van der Waals surface area (Å²) < 4.78 is 0. The molecular formula is C21H32O4. The number of rotatable bonds is 1. The Bertz CT molecular complexity index is 636. The maximum Gasteiger partial charge on any atom is 0.334 e. The van der Waals surface area contributed by atoms with Gasteiger partial charge in [-0.25, -0.2) is 4.79 Å². The Kier molecular flexibility index (Phi) is 3.65. The molecule has 4 rings (SSSR count). The van der Waals surface area contributed by atoms with Crippen LogP contribution in [0, 0.1) is 34.5 Å². The second-order valence-electron chi connectivity index (χ2n) is 10.0. The van der Waals surface area contributed by atoms with Gasteiger partial charge >= 0.3 is 5.97 Å². The fourth-order valence-corrected chi connectivity index (χ4v) is 7.43. The van der Waals surface area contributed by atoms with Gasteiger partial charge in [-0.15, -0.1) is 0 Å². The average Bonchev–Trinajstić information content (AvgIpc) is 2.77. The van der Waals surface area contributed by atoms with E-state index in [0.29, 0.717) is 36.5 Å². The largest absolute Gasteiger partial charge is 0.512 e. The van der Waals surface area contributed by atoms with Crippen molar-refractivity contribution in [2.24, 2.45) is 34.5 Å². The van der Waals surface area contributed by atoms with E-state index < -0.39 is 11.6 Å². The lowest BCUT2D eigenvalue weighted by Gasteiger charge is -2.60. The molecule has 3 N–H and O–H groups in total. The summed E-state index contributed by atoms with van der Waals surface area (Å²) in [6.45, 7) is 6.58. The van der Waals surface area contributed by atoms with Crippen LogP contribution < -0.4 is 0 Å². The molecule has 140 valence electrons. The first-order valence-corrected chi connectivity index (χ1v) is 9.97. The quantitative estimate of drug-likeness (QED) is 0.661. The lowest BCUT2D eigenvalue weighted by molar-refractivity contribution is -0.145. The summed E-state index contributed by atoms with van der Waals surface area (Å²) >= 11 is 0. The smallest absolute Gasteiger partial charge is 0.334 e. The topological polar surface area (TPSA) is 77.8 Å². The molecule has 0 bridgehead atoms. The minimum Gasteiger partial charge on any atom is -0.512 e. The van der Waals surface area contributed by atoms with Gasteiger partial charge in [-0.1, -0.05) is 13.8 Å². The lowest BCUT2D eigenvalue weighted by Crippen LogP contribution is -2.55. The third-order valence-electron chi connectivity index (χ3n) is 9.23. The molecule has 0 aromatic rings. The number of carboxylic acid groups (broad SMARTS) is 1. The van der Waals surface area contributed by atoms with Gasteiger partial charge in [0.15, 0.2) is 0 Å². The van der Waals surface area contributed by atoms with Gasteiger partial charge in [0, 0.05) is 6.42 Å². The number of aliphatic hydroxyl groups is 2. The number of hydrogen-bond donors (Lipinski definition) is 3. The Labute approximate surface area is 150 Å². The first kappa shape index (κ1) is 17.4. The van der Waals surface area contributed by atoms with E-state index >= 15 is 0 Å². The van der Waals surface area contributed by atoms with Gasteiger partial charge < -0.3 is 15.3 Å². The fraction of sp³-hybridized carbons (Fsp3) is 0.857. The summed E-state index contributed by atoms with van der Waals surface area (Å²) in [6.07, 6.45) is 7.36. The molecule has 0 aliphatic heterocycles. The standard InChI is InChI=1S/C21H32O4/c1-19-11-14(18(23)24)17(22)10-12(19)4-5-13-15(19)6-8-20(2)16(13)7-9-21(20,3)25/h12-13,15-16,22,25H,4-11H2,1-3H3,(H,23,24)/t12-,13+,15-,16-,19-,20-,21-/m0/s1. The van der Waals surface area contributed by atoms with Crippen molar-refractivity contribution >= 4 is 5.97 Å². The van der Waals surface area contributed by atoms with Crippen molar-refractivity contribution in [3.8, 4) is 0 Å². The number of hydrogen-bond acceptors (Lipinski definition) is 3. The second kappa shape index (κ2) is 5.25. The van der Waals surface area contributed by atoms with Crippen molar-refractivity contribution in [3.63, 3.8) is 0 Å². The molecule has 4 heteroatoms. The van der Waals surface area contributed by atoms with Gasteiger partial charge in [-0.3, -0.25) is 0 Å². The maximum atomic E-state index is 11.6. The first-order valence-electron chi connectivity index (χ1n) is 9.97. The summed E-state index contributed by atoms with van der Waals surface area (Å²) in [5.74, 6) is 1.20. The summed E-state index contributed by atoms with van der Waals surface area (Å²) in [5.41, 5.74) is -0.360. The first-order chi connectivity index (χ1) is 11.6. The second-order valence-corrected chi connectivity index (χ2v) is 10.0. The average molecular weight is 348 g/mol. The molecule has 4 aliphatic carbocycles. The number of carbonyl (C=O) groups is 1. The normalized spacial score (nSPS) is 52.3. The van der Waals surface area contributed by atoms with Crippen molar-refractivity contribution in [1.82, 2.24) is 0 Å². The van der Waals surface area contributed by atoms with Crippen molar-refractivity contribution in [2.75, 3.05) is 0 Å². The highest BCUT2D eigenvalue weighted by Crippen LogP contribution is 2.68. The van der Waals surface area contributed by atoms with Gasteiger partial charge in [-0.05, 0) is 86.4 Å². The zero-order chi connectivity index (χ0) is 18.2. The molecule has 0 aromatic heterocycles. The lowest BCUT2D eigenvalue weighted by atomic mass is 9.44. The molecule has 0 unspecified atom stereocenters. The Morgan fingerprint density at radius 1 is 1.04 bits per heavy atom. The fourth-order valence-electron chi connectivity index (χ4n) is 7.43. The van der Waals surface area contributed by atoms with E-state index in [1.807, 2.05) is 6.92 Å². The van der Waals surface area contributed by atoms with Gasteiger partial charge in [0.2, 0.25) is 0 Å². The van der Waals surface area contributed by atoms with Crippen molar-refractivity contribution in [1.29, 1.82) is 0 Å². The molecule has 0 heterocycles. The molecule has 0 aromatic carbocycles. The van der Waals surface area contributed by atoms with Crippen LogP contribution in [0.15, 0.2) is 11.3 Å². The highest BCUT2D eigenvalue weighted by Gasteiger charge is 2.63. The van der Waals surface area contributed by atoms with Gasteiger partial charge in [0.05, 0.1) is 11.2 Å². The zero-order valence-corrected chi connectivity index (χ0v) is 15.7. The molecule has 0 amide bonds. The van der Waals surface area contributed by atoms with Crippen LogP contribution in [0.4, 0.5) is 0 Å². The Balaban J connectivity index is 1.68. The number of aliphatic hydroxyl groups excluding tert-OH is 1. The predicted molar refractivity (Wildman–Crippen MR) is 95.0 cm³/mol. The van der Waals surface area contributed by atoms with E-state index in [2.05, 4.69) is 13.8 Å². The third kappa shape index (κ3) is 2.19. The van der Waals surface area contributed by atoms with Crippen molar-refractivity contribution in [2.45, 2.75) is 77.7 Å². The molecule has 4 nitrogen and oxygen atoms in total. The molecule has 0 radical (unpaired) electrons. The van der Waals surface area contributed by atoms with Gasteiger partial charge in [0.1, 0.15) is 5.76 Å². The van der Waals surface area contributed by atoms with Crippen LogP contribution in [-0.2, 0) is 4.79 Å². The van der Waals surface area contributed by atoms with Crippen LogP contribution in [0.3, 0.4) is 0 Å². The molecule has 25 heavy (non-hydrogen) atoms.